The Morgan fingerprint density at radius 2 is 1.15 bits per heavy atom. The van der Waals surface area contributed by atoms with Crippen LogP contribution in [0.15, 0.2) is 12.2 Å². The lowest BCUT2D eigenvalue weighted by molar-refractivity contribution is -0.870. The minimum atomic E-state index is -4.26. The van der Waals surface area contributed by atoms with E-state index in [1.807, 2.05) is 21.1 Å². The van der Waals surface area contributed by atoms with Gasteiger partial charge in [0.05, 0.1) is 34.4 Å². The summed E-state index contributed by atoms with van der Waals surface area (Å²) in [6.45, 7) is 5.58. The van der Waals surface area contributed by atoms with Crippen molar-refractivity contribution in [1.29, 1.82) is 0 Å². The molecule has 0 fully saturated rings. The Kier molecular flexibility index (Phi) is 31.0. The molecule has 0 aromatic heterocycles. The number of allylic oxidation sites excluding steroid dienone is 2. The molecule has 274 valence electrons. The molecule has 0 aliphatic heterocycles. The number of carbonyl (C=O) groups is 1. The Labute approximate surface area is 284 Å². The van der Waals surface area contributed by atoms with Gasteiger partial charge in [0, 0.05) is 13.0 Å². The molecule has 0 saturated heterocycles. The standard InChI is InChI=1S/C37H74NO7P/c1-6-8-10-12-14-16-18-19-21-23-25-27-29-32-42-34-36(35-44-46(40,41)43-33-31-38(3,4)5)45-37(39)30-28-26-24-22-20-17-15-13-11-9-7-2/h13,15,36H,6-12,14,16-35H2,1-5H3/p+1/b15-13-. The zero-order valence-electron chi connectivity index (χ0n) is 30.8. The number of carbonyl (C=O) groups excluding carboxylic acids is 1. The first kappa shape index (κ1) is 45.2. The van der Waals surface area contributed by atoms with Gasteiger partial charge >= 0.3 is 13.8 Å². The van der Waals surface area contributed by atoms with Gasteiger partial charge in [-0.3, -0.25) is 13.8 Å². The average molecular weight is 677 g/mol. The second-order valence-electron chi connectivity index (χ2n) is 14.0. The highest BCUT2D eigenvalue weighted by atomic mass is 31.2. The van der Waals surface area contributed by atoms with Crippen molar-refractivity contribution in [2.75, 3.05) is 54.1 Å². The van der Waals surface area contributed by atoms with E-state index < -0.39 is 13.9 Å². The molecule has 0 aliphatic rings. The third-order valence-corrected chi connectivity index (χ3v) is 9.06. The van der Waals surface area contributed by atoms with Gasteiger partial charge in [0.2, 0.25) is 0 Å². The van der Waals surface area contributed by atoms with Crippen molar-refractivity contribution in [2.24, 2.45) is 0 Å². The third-order valence-electron chi connectivity index (χ3n) is 8.08. The number of hydrogen-bond acceptors (Lipinski definition) is 6. The predicted molar refractivity (Wildman–Crippen MR) is 192 cm³/mol. The van der Waals surface area contributed by atoms with Crippen LogP contribution in [-0.4, -0.2) is 75.6 Å². The molecule has 0 aliphatic carbocycles. The largest absolute Gasteiger partial charge is 0.472 e. The maximum Gasteiger partial charge on any atom is 0.472 e. The smallest absolute Gasteiger partial charge is 0.457 e. The van der Waals surface area contributed by atoms with E-state index in [1.54, 1.807) is 0 Å². The van der Waals surface area contributed by atoms with Crippen LogP contribution in [0.25, 0.3) is 0 Å². The lowest BCUT2D eigenvalue weighted by Gasteiger charge is -2.24. The van der Waals surface area contributed by atoms with Gasteiger partial charge in [0.15, 0.2) is 0 Å². The van der Waals surface area contributed by atoms with Crippen LogP contribution in [0.4, 0.5) is 0 Å². The normalized spacial score (nSPS) is 14.1. The highest BCUT2D eigenvalue weighted by molar-refractivity contribution is 7.47. The molecule has 0 amide bonds. The van der Waals surface area contributed by atoms with E-state index in [-0.39, 0.29) is 25.8 Å². The van der Waals surface area contributed by atoms with Crippen molar-refractivity contribution in [3.8, 4) is 0 Å². The van der Waals surface area contributed by atoms with Crippen LogP contribution >= 0.6 is 7.82 Å². The minimum Gasteiger partial charge on any atom is -0.457 e. The SMILES string of the molecule is CCCC/C=C\CCCCCCCC(=O)OC(COCCCCCCCCCCCCCCC)COP(=O)(O)OCC[N+](C)(C)C. The summed E-state index contributed by atoms with van der Waals surface area (Å²) in [6, 6.07) is 0. The monoisotopic (exact) mass is 677 g/mol. The van der Waals surface area contributed by atoms with E-state index in [4.69, 9.17) is 18.5 Å². The van der Waals surface area contributed by atoms with Gasteiger partial charge in [-0.25, -0.2) is 4.57 Å². The fourth-order valence-electron chi connectivity index (χ4n) is 5.06. The molecule has 0 spiro atoms. The molecule has 0 saturated carbocycles. The van der Waals surface area contributed by atoms with E-state index in [2.05, 4.69) is 26.0 Å². The number of esters is 1. The fourth-order valence-corrected chi connectivity index (χ4v) is 5.80. The molecule has 2 unspecified atom stereocenters. The number of unbranched alkanes of at least 4 members (excludes halogenated alkanes) is 19. The van der Waals surface area contributed by atoms with Gasteiger partial charge in [0.25, 0.3) is 0 Å². The molecule has 0 rings (SSSR count). The molecular formula is C37H75NO7P+. The Hall–Kier alpha value is -0.760. The minimum absolute atomic E-state index is 0.0897. The summed E-state index contributed by atoms with van der Waals surface area (Å²) >= 11 is 0. The van der Waals surface area contributed by atoms with Gasteiger partial charge in [-0.05, 0) is 32.1 Å². The third kappa shape index (κ3) is 34.6. The van der Waals surface area contributed by atoms with Crippen molar-refractivity contribution in [2.45, 2.75) is 168 Å². The molecule has 0 heterocycles. The van der Waals surface area contributed by atoms with E-state index in [0.717, 1.165) is 44.9 Å². The number of phosphoric ester groups is 1. The Bertz CT molecular complexity index is 756. The van der Waals surface area contributed by atoms with Crippen molar-refractivity contribution < 1.29 is 37.3 Å². The lowest BCUT2D eigenvalue weighted by atomic mass is 10.0. The van der Waals surface area contributed by atoms with Gasteiger partial charge < -0.3 is 18.9 Å². The molecule has 0 aromatic carbocycles. The van der Waals surface area contributed by atoms with Crippen LogP contribution in [0.5, 0.6) is 0 Å². The number of likely N-dealkylation sites (N-methyl/N-ethyl adjacent to an activating group) is 1. The average Bonchev–Trinajstić information content (AvgIpc) is 2.99. The Balaban J connectivity index is 4.30. The molecule has 46 heavy (non-hydrogen) atoms. The van der Waals surface area contributed by atoms with Crippen LogP contribution < -0.4 is 0 Å². The number of ether oxygens (including phenoxy) is 2. The summed E-state index contributed by atoms with van der Waals surface area (Å²) in [6.07, 6.45) is 30.9. The zero-order chi connectivity index (χ0) is 34.2. The van der Waals surface area contributed by atoms with Crippen molar-refractivity contribution in [3.63, 3.8) is 0 Å². The maximum atomic E-state index is 12.6. The van der Waals surface area contributed by atoms with Crippen molar-refractivity contribution in [1.82, 2.24) is 0 Å². The summed E-state index contributed by atoms with van der Waals surface area (Å²) in [7, 11) is 1.67. The van der Waals surface area contributed by atoms with E-state index in [0.29, 0.717) is 24.1 Å². The summed E-state index contributed by atoms with van der Waals surface area (Å²) < 4.78 is 34.8. The van der Waals surface area contributed by atoms with Crippen molar-refractivity contribution in [3.05, 3.63) is 12.2 Å². The summed E-state index contributed by atoms with van der Waals surface area (Å²) in [5.74, 6) is -0.323. The predicted octanol–water partition coefficient (Wildman–Crippen LogP) is 10.3. The second kappa shape index (κ2) is 31.5. The van der Waals surface area contributed by atoms with E-state index in [9.17, 15) is 14.3 Å². The first-order valence-electron chi connectivity index (χ1n) is 18.9. The van der Waals surface area contributed by atoms with Crippen LogP contribution in [-0.2, 0) is 27.9 Å². The number of phosphoric acid groups is 1. The molecule has 0 aromatic rings. The van der Waals surface area contributed by atoms with Crippen LogP contribution in [0, 0.1) is 0 Å². The molecule has 2 atom stereocenters. The Morgan fingerprint density at radius 1 is 0.652 bits per heavy atom. The van der Waals surface area contributed by atoms with Gasteiger partial charge in [-0.2, -0.15) is 0 Å². The number of hydrogen-bond donors (Lipinski definition) is 1. The summed E-state index contributed by atoms with van der Waals surface area (Å²) in [5.41, 5.74) is 0. The second-order valence-corrected chi connectivity index (χ2v) is 15.4. The molecule has 8 nitrogen and oxygen atoms in total. The lowest BCUT2D eigenvalue weighted by Crippen LogP contribution is -2.37. The van der Waals surface area contributed by atoms with Crippen molar-refractivity contribution >= 4 is 13.8 Å². The summed E-state index contributed by atoms with van der Waals surface area (Å²) in [4.78, 5) is 22.7. The molecule has 1 N–H and O–H groups in total. The first-order chi connectivity index (χ1) is 22.1. The molecular weight excluding hydrogens is 601 g/mol. The van der Waals surface area contributed by atoms with E-state index >= 15 is 0 Å². The molecule has 0 bridgehead atoms. The molecule has 9 heteroatoms. The Morgan fingerprint density at radius 3 is 1.72 bits per heavy atom. The van der Waals surface area contributed by atoms with E-state index in [1.165, 1.54) is 96.3 Å². The maximum absolute atomic E-state index is 12.6. The van der Waals surface area contributed by atoms with Gasteiger partial charge in [0.1, 0.15) is 19.3 Å². The fraction of sp³-hybridized carbons (Fsp3) is 0.919. The molecule has 0 radical (unpaired) electrons. The number of quaternary nitrogens is 1. The highest BCUT2D eigenvalue weighted by Crippen LogP contribution is 2.43. The van der Waals surface area contributed by atoms with Crippen LogP contribution in [0.2, 0.25) is 0 Å². The first-order valence-corrected chi connectivity index (χ1v) is 20.4. The summed E-state index contributed by atoms with van der Waals surface area (Å²) in [5, 5.41) is 0. The van der Waals surface area contributed by atoms with Crippen LogP contribution in [0.1, 0.15) is 162 Å². The highest BCUT2D eigenvalue weighted by Gasteiger charge is 2.26. The zero-order valence-corrected chi connectivity index (χ0v) is 31.7. The van der Waals surface area contributed by atoms with Gasteiger partial charge in [-0.1, -0.05) is 135 Å². The van der Waals surface area contributed by atoms with Gasteiger partial charge in [-0.15, -0.1) is 0 Å². The van der Waals surface area contributed by atoms with Crippen LogP contribution in [0.3, 0.4) is 0 Å². The topological polar surface area (TPSA) is 91.3 Å². The quantitative estimate of drug-likeness (QED) is 0.0235. The number of nitrogens with zero attached hydrogens (tertiary/aromatic N) is 1. The number of rotatable bonds is 35.